The summed E-state index contributed by atoms with van der Waals surface area (Å²) in [6, 6.07) is 0. The Morgan fingerprint density at radius 2 is 2.47 bits per heavy atom. The molecule has 84 valence electrons. The van der Waals surface area contributed by atoms with E-state index in [1.165, 1.54) is 0 Å². The van der Waals surface area contributed by atoms with Crippen molar-refractivity contribution in [2.45, 2.75) is 25.3 Å². The van der Waals surface area contributed by atoms with Crippen molar-refractivity contribution in [1.82, 2.24) is 10.6 Å². The van der Waals surface area contributed by atoms with Crippen LogP contribution in [-0.4, -0.2) is 37.7 Å². The van der Waals surface area contributed by atoms with Crippen molar-refractivity contribution in [2.75, 3.05) is 26.3 Å². The quantitative estimate of drug-likeness (QED) is 0.503. The maximum absolute atomic E-state index is 11.5. The van der Waals surface area contributed by atoms with E-state index in [1.807, 2.05) is 6.92 Å². The Morgan fingerprint density at radius 1 is 1.67 bits per heavy atom. The van der Waals surface area contributed by atoms with Gasteiger partial charge in [0, 0.05) is 6.61 Å². The van der Waals surface area contributed by atoms with E-state index in [0.29, 0.717) is 13.2 Å². The summed E-state index contributed by atoms with van der Waals surface area (Å²) in [5, 5.41) is 5.81. The van der Waals surface area contributed by atoms with E-state index in [9.17, 15) is 4.79 Å². The van der Waals surface area contributed by atoms with Crippen LogP contribution in [0, 0.1) is 12.3 Å². The Balaban J connectivity index is 2.26. The van der Waals surface area contributed by atoms with Gasteiger partial charge < -0.3 is 10.1 Å². The van der Waals surface area contributed by atoms with Gasteiger partial charge in [0.15, 0.2) is 0 Å². The van der Waals surface area contributed by atoms with E-state index in [1.54, 1.807) is 0 Å². The standard InChI is InChI=1S/C11H18N2O2/c1-3-6-12-8-10(14)13-11(2)5-4-7-15-9-11/h1,12H,4-9H2,2H3,(H,13,14). The van der Waals surface area contributed by atoms with Crippen LogP contribution in [0.5, 0.6) is 0 Å². The molecule has 0 aromatic heterocycles. The summed E-state index contributed by atoms with van der Waals surface area (Å²) in [6.07, 6.45) is 7.02. The van der Waals surface area contributed by atoms with Crippen molar-refractivity contribution in [2.24, 2.45) is 0 Å². The fourth-order valence-electron chi connectivity index (χ4n) is 1.66. The molecule has 0 bridgehead atoms. The molecule has 0 radical (unpaired) electrons. The lowest BCUT2D eigenvalue weighted by Crippen LogP contribution is -2.53. The molecule has 1 aliphatic rings. The number of nitrogens with one attached hydrogen (secondary N) is 2. The lowest BCUT2D eigenvalue weighted by Gasteiger charge is -2.34. The highest BCUT2D eigenvalue weighted by Crippen LogP contribution is 2.17. The molecule has 4 nitrogen and oxygen atoms in total. The van der Waals surface area contributed by atoms with Crippen LogP contribution < -0.4 is 10.6 Å². The average molecular weight is 210 g/mol. The van der Waals surface area contributed by atoms with E-state index in [2.05, 4.69) is 16.6 Å². The Bertz CT molecular complexity index is 252. The first-order valence-corrected chi connectivity index (χ1v) is 5.19. The van der Waals surface area contributed by atoms with Crippen LogP contribution >= 0.6 is 0 Å². The SMILES string of the molecule is C#CCNCC(=O)NC1(C)CCCOC1. The van der Waals surface area contributed by atoms with Gasteiger partial charge in [-0.15, -0.1) is 6.42 Å². The van der Waals surface area contributed by atoms with Crippen LogP contribution in [0.15, 0.2) is 0 Å². The maximum atomic E-state index is 11.5. The lowest BCUT2D eigenvalue weighted by molar-refractivity contribution is -0.123. The number of rotatable bonds is 4. The Morgan fingerprint density at radius 3 is 3.07 bits per heavy atom. The molecule has 0 aliphatic carbocycles. The van der Waals surface area contributed by atoms with Gasteiger partial charge in [-0.3, -0.25) is 10.1 Å². The fourth-order valence-corrected chi connectivity index (χ4v) is 1.66. The van der Waals surface area contributed by atoms with Crippen LogP contribution in [0.25, 0.3) is 0 Å². The number of terminal acetylenes is 1. The molecule has 4 heteroatoms. The number of hydrogen-bond donors (Lipinski definition) is 2. The van der Waals surface area contributed by atoms with Gasteiger partial charge in [-0.05, 0) is 19.8 Å². The first-order chi connectivity index (χ1) is 7.16. The van der Waals surface area contributed by atoms with Crippen molar-refractivity contribution in [3.63, 3.8) is 0 Å². The molecule has 1 heterocycles. The third-order valence-corrected chi connectivity index (χ3v) is 2.39. The van der Waals surface area contributed by atoms with Crippen molar-refractivity contribution >= 4 is 5.91 Å². The van der Waals surface area contributed by atoms with Gasteiger partial charge in [-0.1, -0.05) is 5.92 Å². The van der Waals surface area contributed by atoms with Gasteiger partial charge in [-0.25, -0.2) is 0 Å². The minimum absolute atomic E-state index is 0.0294. The van der Waals surface area contributed by atoms with Gasteiger partial charge in [0.25, 0.3) is 0 Å². The maximum Gasteiger partial charge on any atom is 0.234 e. The summed E-state index contributed by atoms with van der Waals surface area (Å²) in [4.78, 5) is 11.5. The second kappa shape index (κ2) is 5.74. The van der Waals surface area contributed by atoms with Crippen molar-refractivity contribution in [1.29, 1.82) is 0 Å². The van der Waals surface area contributed by atoms with E-state index < -0.39 is 0 Å². The van der Waals surface area contributed by atoms with Crippen LogP contribution in [-0.2, 0) is 9.53 Å². The summed E-state index contributed by atoms with van der Waals surface area (Å²) in [6.45, 7) is 4.07. The van der Waals surface area contributed by atoms with E-state index in [0.717, 1.165) is 19.4 Å². The van der Waals surface area contributed by atoms with Crippen LogP contribution in [0.4, 0.5) is 0 Å². The van der Waals surface area contributed by atoms with Crippen LogP contribution in [0.1, 0.15) is 19.8 Å². The zero-order chi connectivity index (χ0) is 11.1. The molecule has 0 aromatic rings. The van der Waals surface area contributed by atoms with Crippen molar-refractivity contribution in [3.8, 4) is 12.3 Å². The first-order valence-electron chi connectivity index (χ1n) is 5.19. The summed E-state index contributed by atoms with van der Waals surface area (Å²) in [5.41, 5.74) is -0.215. The Hall–Kier alpha value is -1.05. The van der Waals surface area contributed by atoms with Gasteiger partial charge in [-0.2, -0.15) is 0 Å². The molecule has 1 unspecified atom stereocenters. The minimum Gasteiger partial charge on any atom is -0.379 e. The highest BCUT2D eigenvalue weighted by molar-refractivity contribution is 5.78. The highest BCUT2D eigenvalue weighted by atomic mass is 16.5. The molecule has 0 saturated carbocycles. The predicted octanol–water partition coefficient (Wildman–Crippen LogP) is -0.106. The molecule has 0 aromatic carbocycles. The monoisotopic (exact) mass is 210 g/mol. The Kier molecular flexibility index (Phi) is 4.60. The van der Waals surface area contributed by atoms with Gasteiger partial charge in [0.2, 0.25) is 5.91 Å². The molecular weight excluding hydrogens is 192 g/mol. The third-order valence-electron chi connectivity index (χ3n) is 2.39. The molecule has 1 fully saturated rings. The van der Waals surface area contributed by atoms with Gasteiger partial charge in [0.05, 0.1) is 25.2 Å². The normalized spacial score (nSPS) is 25.6. The van der Waals surface area contributed by atoms with Crippen LogP contribution in [0.3, 0.4) is 0 Å². The van der Waals surface area contributed by atoms with E-state index in [4.69, 9.17) is 11.2 Å². The summed E-state index contributed by atoms with van der Waals surface area (Å²) in [7, 11) is 0. The predicted molar refractivity (Wildman–Crippen MR) is 58.3 cm³/mol. The molecule has 1 rings (SSSR count). The zero-order valence-electron chi connectivity index (χ0n) is 9.14. The number of hydrogen-bond acceptors (Lipinski definition) is 3. The molecule has 2 N–H and O–H groups in total. The van der Waals surface area contributed by atoms with E-state index in [-0.39, 0.29) is 18.0 Å². The summed E-state index contributed by atoms with van der Waals surface area (Å²) < 4.78 is 5.34. The second-order valence-corrected chi connectivity index (χ2v) is 4.07. The molecule has 1 saturated heterocycles. The molecule has 1 atom stereocenters. The fraction of sp³-hybridized carbons (Fsp3) is 0.727. The second-order valence-electron chi connectivity index (χ2n) is 4.07. The third kappa shape index (κ3) is 4.32. The molecule has 1 amide bonds. The topological polar surface area (TPSA) is 50.4 Å². The van der Waals surface area contributed by atoms with Crippen molar-refractivity contribution in [3.05, 3.63) is 0 Å². The van der Waals surface area contributed by atoms with Crippen LogP contribution in [0.2, 0.25) is 0 Å². The molecule has 1 aliphatic heterocycles. The van der Waals surface area contributed by atoms with Gasteiger partial charge in [0.1, 0.15) is 0 Å². The average Bonchev–Trinajstić information content (AvgIpc) is 2.18. The minimum atomic E-state index is -0.215. The van der Waals surface area contributed by atoms with Crippen molar-refractivity contribution < 1.29 is 9.53 Å². The van der Waals surface area contributed by atoms with E-state index >= 15 is 0 Å². The number of ether oxygens (including phenoxy) is 1. The van der Waals surface area contributed by atoms with Gasteiger partial charge >= 0.3 is 0 Å². The number of amides is 1. The largest absolute Gasteiger partial charge is 0.379 e. The summed E-state index contributed by atoms with van der Waals surface area (Å²) in [5.74, 6) is 2.39. The Labute approximate surface area is 90.8 Å². The molecule has 15 heavy (non-hydrogen) atoms. The number of carbonyl (C=O) groups is 1. The highest BCUT2D eigenvalue weighted by Gasteiger charge is 2.28. The summed E-state index contributed by atoms with van der Waals surface area (Å²) >= 11 is 0. The lowest BCUT2D eigenvalue weighted by atomic mass is 9.95. The molecule has 0 spiro atoms. The smallest absolute Gasteiger partial charge is 0.234 e. The zero-order valence-corrected chi connectivity index (χ0v) is 9.14. The number of carbonyl (C=O) groups excluding carboxylic acids is 1. The first kappa shape index (κ1) is 12.0. The molecular formula is C11H18N2O2.